The average Bonchev–Trinajstić information content (AvgIpc) is 2.45. The van der Waals surface area contributed by atoms with E-state index < -0.39 is 5.97 Å². The fraction of sp³-hybridized carbons (Fsp3) is 0.176. The number of nitrogens with two attached hydrogens (primary N) is 1. The molecule has 0 fully saturated rings. The maximum atomic E-state index is 11.5. The molecule has 2 aromatic carbocycles. The summed E-state index contributed by atoms with van der Waals surface area (Å²) in [6, 6.07) is 12.2. The first-order valence-corrected chi connectivity index (χ1v) is 6.79. The Morgan fingerprint density at radius 2 is 1.86 bits per heavy atom. The SMILES string of the molecule is CC(=O)c1ccc(OCc2ccccc2N)cc1CC(=O)O. The van der Waals surface area contributed by atoms with Gasteiger partial charge in [-0.15, -0.1) is 0 Å². The van der Waals surface area contributed by atoms with Crippen LogP contribution in [-0.4, -0.2) is 16.9 Å². The normalized spacial score (nSPS) is 10.2. The van der Waals surface area contributed by atoms with Gasteiger partial charge in [0.2, 0.25) is 0 Å². The van der Waals surface area contributed by atoms with Crippen molar-refractivity contribution in [1.29, 1.82) is 0 Å². The largest absolute Gasteiger partial charge is 0.489 e. The van der Waals surface area contributed by atoms with Gasteiger partial charge in [0.05, 0.1) is 6.42 Å². The highest BCUT2D eigenvalue weighted by atomic mass is 16.5. The molecule has 5 nitrogen and oxygen atoms in total. The molecule has 3 N–H and O–H groups in total. The molecule has 0 saturated heterocycles. The van der Waals surface area contributed by atoms with Crippen molar-refractivity contribution in [2.75, 3.05) is 5.73 Å². The van der Waals surface area contributed by atoms with Crippen molar-refractivity contribution in [2.24, 2.45) is 0 Å². The van der Waals surface area contributed by atoms with Crippen LogP contribution in [0.15, 0.2) is 42.5 Å². The number of para-hydroxylation sites is 1. The van der Waals surface area contributed by atoms with Crippen LogP contribution in [0.25, 0.3) is 0 Å². The molecule has 0 spiro atoms. The van der Waals surface area contributed by atoms with Crippen LogP contribution in [0, 0.1) is 0 Å². The summed E-state index contributed by atoms with van der Waals surface area (Å²) in [5.41, 5.74) is 8.16. The fourth-order valence-electron chi connectivity index (χ4n) is 2.14. The van der Waals surface area contributed by atoms with Crippen molar-refractivity contribution in [3.05, 3.63) is 59.2 Å². The van der Waals surface area contributed by atoms with E-state index in [0.29, 0.717) is 22.6 Å². The van der Waals surface area contributed by atoms with Gasteiger partial charge in [0, 0.05) is 16.8 Å². The number of ether oxygens (including phenoxy) is 1. The van der Waals surface area contributed by atoms with Crippen molar-refractivity contribution < 1.29 is 19.4 Å². The van der Waals surface area contributed by atoms with Crippen molar-refractivity contribution in [2.45, 2.75) is 20.0 Å². The number of benzene rings is 2. The maximum Gasteiger partial charge on any atom is 0.307 e. The number of Topliss-reactive ketones (excluding diaryl/α,β-unsaturated/α-hetero) is 1. The van der Waals surface area contributed by atoms with E-state index in [1.165, 1.54) is 6.92 Å². The monoisotopic (exact) mass is 299 g/mol. The van der Waals surface area contributed by atoms with Crippen LogP contribution in [0.4, 0.5) is 5.69 Å². The Morgan fingerprint density at radius 3 is 2.50 bits per heavy atom. The number of aliphatic carboxylic acids is 1. The molecule has 0 bridgehead atoms. The van der Waals surface area contributed by atoms with Gasteiger partial charge in [-0.05, 0) is 36.8 Å². The summed E-state index contributed by atoms with van der Waals surface area (Å²) in [4.78, 5) is 22.4. The minimum absolute atomic E-state index is 0.171. The summed E-state index contributed by atoms with van der Waals surface area (Å²) >= 11 is 0. The van der Waals surface area contributed by atoms with Gasteiger partial charge in [0.1, 0.15) is 12.4 Å². The molecular formula is C17H17NO4. The molecule has 0 atom stereocenters. The predicted molar refractivity (Wildman–Crippen MR) is 83.0 cm³/mol. The molecule has 2 aromatic rings. The van der Waals surface area contributed by atoms with Crippen LogP contribution in [0.2, 0.25) is 0 Å². The highest BCUT2D eigenvalue weighted by Gasteiger charge is 2.12. The zero-order valence-electron chi connectivity index (χ0n) is 12.2. The van der Waals surface area contributed by atoms with E-state index in [0.717, 1.165) is 5.56 Å². The molecule has 0 unspecified atom stereocenters. The second-order valence-corrected chi connectivity index (χ2v) is 4.93. The third-order valence-corrected chi connectivity index (χ3v) is 3.25. The van der Waals surface area contributed by atoms with Crippen LogP contribution in [0.3, 0.4) is 0 Å². The summed E-state index contributed by atoms with van der Waals surface area (Å²) in [5.74, 6) is -0.661. The molecule has 0 amide bonds. The summed E-state index contributed by atoms with van der Waals surface area (Å²) in [6.45, 7) is 1.69. The van der Waals surface area contributed by atoms with Gasteiger partial charge in [-0.2, -0.15) is 0 Å². The lowest BCUT2D eigenvalue weighted by molar-refractivity contribution is -0.136. The van der Waals surface area contributed by atoms with Crippen LogP contribution < -0.4 is 10.5 Å². The van der Waals surface area contributed by atoms with Crippen molar-refractivity contribution in [1.82, 2.24) is 0 Å². The first-order valence-electron chi connectivity index (χ1n) is 6.79. The van der Waals surface area contributed by atoms with E-state index in [-0.39, 0.29) is 18.8 Å². The van der Waals surface area contributed by atoms with Crippen LogP contribution in [-0.2, 0) is 17.8 Å². The topological polar surface area (TPSA) is 89.6 Å². The Morgan fingerprint density at radius 1 is 1.14 bits per heavy atom. The van der Waals surface area contributed by atoms with Crippen molar-refractivity contribution in [3.8, 4) is 5.75 Å². The smallest absolute Gasteiger partial charge is 0.307 e. The van der Waals surface area contributed by atoms with E-state index in [9.17, 15) is 9.59 Å². The van der Waals surface area contributed by atoms with Gasteiger partial charge < -0.3 is 15.6 Å². The summed E-state index contributed by atoms with van der Waals surface area (Å²) in [6.07, 6.45) is -0.223. The number of carbonyl (C=O) groups excluding carboxylic acids is 1. The number of carboxylic acid groups (broad SMARTS) is 1. The highest BCUT2D eigenvalue weighted by molar-refractivity contribution is 5.96. The molecule has 2 rings (SSSR count). The third-order valence-electron chi connectivity index (χ3n) is 3.25. The number of rotatable bonds is 6. The molecule has 22 heavy (non-hydrogen) atoms. The Balaban J connectivity index is 2.19. The standard InChI is InChI=1S/C17H17NO4/c1-11(19)15-7-6-14(8-13(15)9-17(20)21)22-10-12-4-2-3-5-16(12)18/h2-8H,9-10,18H2,1H3,(H,20,21). The minimum atomic E-state index is -0.994. The van der Waals surface area contributed by atoms with Crippen LogP contribution >= 0.6 is 0 Å². The first-order chi connectivity index (χ1) is 10.5. The van der Waals surface area contributed by atoms with E-state index in [2.05, 4.69) is 0 Å². The van der Waals surface area contributed by atoms with Gasteiger partial charge in [-0.25, -0.2) is 0 Å². The second-order valence-electron chi connectivity index (χ2n) is 4.93. The van der Waals surface area contributed by atoms with Crippen molar-refractivity contribution in [3.63, 3.8) is 0 Å². The molecule has 0 heterocycles. The molecule has 114 valence electrons. The van der Waals surface area contributed by atoms with E-state index >= 15 is 0 Å². The minimum Gasteiger partial charge on any atom is -0.489 e. The number of anilines is 1. The van der Waals surface area contributed by atoms with Gasteiger partial charge in [-0.3, -0.25) is 9.59 Å². The summed E-state index contributed by atoms with van der Waals surface area (Å²) < 4.78 is 5.65. The number of carbonyl (C=O) groups is 2. The molecule has 5 heteroatoms. The number of nitrogen functional groups attached to an aromatic ring is 1. The van der Waals surface area contributed by atoms with Gasteiger partial charge >= 0.3 is 5.97 Å². The molecule has 0 aliphatic heterocycles. The number of carboxylic acids is 1. The maximum absolute atomic E-state index is 11.5. The van der Waals surface area contributed by atoms with Crippen LogP contribution in [0.1, 0.15) is 28.4 Å². The van der Waals surface area contributed by atoms with Gasteiger partial charge in [0.25, 0.3) is 0 Å². The highest BCUT2D eigenvalue weighted by Crippen LogP contribution is 2.21. The Labute approximate surface area is 128 Å². The molecule has 0 aromatic heterocycles. The Kier molecular flexibility index (Phi) is 4.78. The first kappa shape index (κ1) is 15.6. The quantitative estimate of drug-likeness (QED) is 0.632. The molecule has 0 radical (unpaired) electrons. The lowest BCUT2D eigenvalue weighted by Gasteiger charge is -2.11. The predicted octanol–water partition coefficient (Wildman–Crippen LogP) is 2.68. The Hall–Kier alpha value is -2.82. The zero-order valence-corrected chi connectivity index (χ0v) is 12.2. The number of hydrogen-bond donors (Lipinski definition) is 2. The summed E-state index contributed by atoms with van der Waals surface area (Å²) in [5, 5.41) is 8.94. The third kappa shape index (κ3) is 3.85. The van der Waals surface area contributed by atoms with Crippen LogP contribution in [0.5, 0.6) is 5.75 Å². The lowest BCUT2D eigenvalue weighted by atomic mass is 10.0. The summed E-state index contributed by atoms with van der Waals surface area (Å²) in [7, 11) is 0. The van der Waals surface area contributed by atoms with E-state index in [1.807, 2.05) is 18.2 Å². The van der Waals surface area contributed by atoms with Gasteiger partial charge in [0.15, 0.2) is 5.78 Å². The average molecular weight is 299 g/mol. The van der Waals surface area contributed by atoms with E-state index in [4.69, 9.17) is 15.6 Å². The second kappa shape index (κ2) is 6.76. The number of hydrogen-bond acceptors (Lipinski definition) is 4. The molecule has 0 aliphatic rings. The molecule has 0 aliphatic carbocycles. The van der Waals surface area contributed by atoms with Gasteiger partial charge in [-0.1, -0.05) is 18.2 Å². The number of ketones is 1. The fourth-order valence-corrected chi connectivity index (χ4v) is 2.14. The molecule has 0 saturated carbocycles. The molecular weight excluding hydrogens is 282 g/mol. The van der Waals surface area contributed by atoms with E-state index in [1.54, 1.807) is 24.3 Å². The van der Waals surface area contributed by atoms with Crippen molar-refractivity contribution >= 4 is 17.4 Å². The zero-order chi connectivity index (χ0) is 16.1. The lowest BCUT2D eigenvalue weighted by Crippen LogP contribution is -2.07. The Bertz CT molecular complexity index is 710.